The summed E-state index contributed by atoms with van der Waals surface area (Å²) in [6, 6.07) is 17.4. The van der Waals surface area contributed by atoms with Gasteiger partial charge < -0.3 is 19.8 Å². The Hall–Kier alpha value is -2.73. The van der Waals surface area contributed by atoms with Gasteiger partial charge >= 0.3 is 0 Å². The highest BCUT2D eigenvalue weighted by Gasteiger charge is 2.08. The fourth-order valence-corrected chi connectivity index (χ4v) is 2.79. The number of anilines is 2. The first-order valence-corrected chi connectivity index (χ1v) is 8.88. The van der Waals surface area contributed by atoms with Crippen LogP contribution in [0.2, 0.25) is 0 Å². The molecule has 0 atom stereocenters. The number of carbonyl (C=O) groups is 1. The highest BCUT2D eigenvalue weighted by Crippen LogP contribution is 2.29. The Labute approximate surface area is 160 Å². The Kier molecular flexibility index (Phi) is 5.63. The topological polar surface area (TPSA) is 63.5 Å². The van der Waals surface area contributed by atoms with Crippen molar-refractivity contribution in [1.82, 2.24) is 0 Å². The van der Waals surface area contributed by atoms with E-state index in [0.717, 1.165) is 27.2 Å². The fraction of sp³-hybridized carbons (Fsp3) is 0.150. The van der Waals surface area contributed by atoms with Crippen LogP contribution in [0, 0.1) is 0 Å². The van der Waals surface area contributed by atoms with Crippen LogP contribution in [-0.2, 0) is 11.3 Å². The van der Waals surface area contributed by atoms with Crippen molar-refractivity contribution in [2.24, 2.45) is 0 Å². The normalized spacial score (nSPS) is 10.4. The summed E-state index contributed by atoms with van der Waals surface area (Å²) in [6.45, 7) is 2.00. The number of benzene rings is 2. The largest absolute Gasteiger partial charge is 0.494 e. The number of amides is 1. The fourth-order valence-electron chi connectivity index (χ4n) is 2.53. The van der Waals surface area contributed by atoms with Gasteiger partial charge in [-0.25, -0.2) is 0 Å². The van der Waals surface area contributed by atoms with Crippen molar-refractivity contribution in [3.8, 4) is 17.1 Å². The van der Waals surface area contributed by atoms with Crippen LogP contribution in [0.5, 0.6) is 5.75 Å². The molecule has 0 unspecified atom stereocenters. The Morgan fingerprint density at radius 3 is 2.58 bits per heavy atom. The molecular formula is C20H19BrN2O3. The molecule has 2 N–H and O–H groups in total. The van der Waals surface area contributed by atoms with Gasteiger partial charge in [0.1, 0.15) is 17.3 Å². The average Bonchev–Trinajstić information content (AvgIpc) is 3.10. The third-order valence-electron chi connectivity index (χ3n) is 3.77. The standard InChI is InChI=1S/C20H19BrN2O3/c1-13(24)23-18-9-7-16(11-20(18)25-2)22-12-17-8-10-19(26-17)14-3-5-15(21)6-4-14/h3-11,22H,12H2,1-2H3,(H,23,24). The van der Waals surface area contributed by atoms with Crippen LogP contribution in [0.15, 0.2) is 63.5 Å². The monoisotopic (exact) mass is 414 g/mol. The highest BCUT2D eigenvalue weighted by molar-refractivity contribution is 9.10. The molecule has 26 heavy (non-hydrogen) atoms. The second-order valence-electron chi connectivity index (χ2n) is 5.72. The maximum absolute atomic E-state index is 11.2. The van der Waals surface area contributed by atoms with Crippen LogP contribution in [0.4, 0.5) is 11.4 Å². The molecule has 2 aromatic carbocycles. The second kappa shape index (κ2) is 8.10. The molecule has 1 amide bonds. The summed E-state index contributed by atoms with van der Waals surface area (Å²) in [5, 5.41) is 6.03. The van der Waals surface area contributed by atoms with Gasteiger partial charge in [-0.3, -0.25) is 4.79 Å². The summed E-state index contributed by atoms with van der Waals surface area (Å²) in [7, 11) is 1.57. The molecule has 0 spiro atoms. The zero-order valence-corrected chi connectivity index (χ0v) is 16.1. The van der Waals surface area contributed by atoms with Crippen LogP contribution in [0.3, 0.4) is 0 Å². The number of rotatable bonds is 6. The molecule has 0 aliphatic rings. The van der Waals surface area contributed by atoms with Crippen LogP contribution < -0.4 is 15.4 Å². The molecule has 0 radical (unpaired) electrons. The van der Waals surface area contributed by atoms with E-state index < -0.39 is 0 Å². The molecule has 1 aromatic heterocycles. The Bertz CT molecular complexity index is 904. The molecule has 3 rings (SSSR count). The van der Waals surface area contributed by atoms with E-state index in [1.54, 1.807) is 13.2 Å². The summed E-state index contributed by atoms with van der Waals surface area (Å²) in [5.41, 5.74) is 2.54. The molecule has 0 aliphatic heterocycles. The van der Waals surface area contributed by atoms with E-state index in [1.807, 2.05) is 48.5 Å². The van der Waals surface area contributed by atoms with E-state index in [9.17, 15) is 4.79 Å². The molecule has 3 aromatic rings. The molecule has 0 bridgehead atoms. The molecule has 6 heteroatoms. The summed E-state index contributed by atoms with van der Waals surface area (Å²) < 4.78 is 12.3. The lowest BCUT2D eigenvalue weighted by Gasteiger charge is -2.11. The van der Waals surface area contributed by atoms with E-state index in [1.165, 1.54) is 6.92 Å². The predicted octanol–water partition coefficient (Wildman–Crippen LogP) is 5.29. The third-order valence-corrected chi connectivity index (χ3v) is 4.30. The number of hydrogen-bond acceptors (Lipinski definition) is 4. The highest BCUT2D eigenvalue weighted by atomic mass is 79.9. The van der Waals surface area contributed by atoms with Crippen LogP contribution >= 0.6 is 15.9 Å². The van der Waals surface area contributed by atoms with E-state index in [2.05, 4.69) is 26.6 Å². The van der Waals surface area contributed by atoms with Gasteiger partial charge in [-0.2, -0.15) is 0 Å². The molecular weight excluding hydrogens is 396 g/mol. The molecule has 0 saturated carbocycles. The maximum atomic E-state index is 11.2. The van der Waals surface area contributed by atoms with Crippen molar-refractivity contribution in [3.63, 3.8) is 0 Å². The minimum absolute atomic E-state index is 0.139. The Balaban J connectivity index is 1.67. The Morgan fingerprint density at radius 2 is 1.88 bits per heavy atom. The van der Waals surface area contributed by atoms with Crippen molar-refractivity contribution < 1.29 is 13.9 Å². The van der Waals surface area contributed by atoms with E-state index >= 15 is 0 Å². The first-order chi connectivity index (χ1) is 12.5. The summed E-state index contributed by atoms with van der Waals surface area (Å²) >= 11 is 3.43. The number of nitrogens with one attached hydrogen (secondary N) is 2. The number of ether oxygens (including phenoxy) is 1. The van der Waals surface area contributed by atoms with Gasteiger partial charge in [0.05, 0.1) is 19.3 Å². The van der Waals surface area contributed by atoms with Crippen LogP contribution in [0.1, 0.15) is 12.7 Å². The molecule has 134 valence electrons. The van der Waals surface area contributed by atoms with E-state index in [4.69, 9.17) is 9.15 Å². The molecule has 0 aliphatic carbocycles. The number of hydrogen-bond donors (Lipinski definition) is 2. The van der Waals surface area contributed by atoms with Gasteiger partial charge in [0.2, 0.25) is 5.91 Å². The van der Waals surface area contributed by atoms with Crippen molar-refractivity contribution >= 4 is 33.2 Å². The van der Waals surface area contributed by atoms with Gasteiger partial charge in [0.25, 0.3) is 0 Å². The smallest absolute Gasteiger partial charge is 0.221 e. The number of methoxy groups -OCH3 is 1. The lowest BCUT2D eigenvalue weighted by atomic mass is 10.2. The Morgan fingerprint density at radius 1 is 1.12 bits per heavy atom. The number of furan rings is 1. The second-order valence-corrected chi connectivity index (χ2v) is 6.64. The molecule has 1 heterocycles. The summed E-state index contributed by atoms with van der Waals surface area (Å²) in [6.07, 6.45) is 0. The first kappa shape index (κ1) is 18.1. The number of carbonyl (C=O) groups excluding carboxylic acids is 1. The number of halogens is 1. The molecule has 0 saturated heterocycles. The van der Waals surface area contributed by atoms with Crippen molar-refractivity contribution in [2.45, 2.75) is 13.5 Å². The SMILES string of the molecule is COc1cc(NCc2ccc(-c3ccc(Br)cc3)o2)ccc1NC(C)=O. The average molecular weight is 415 g/mol. The van der Waals surface area contributed by atoms with Crippen molar-refractivity contribution in [2.75, 3.05) is 17.7 Å². The van der Waals surface area contributed by atoms with Crippen molar-refractivity contribution in [1.29, 1.82) is 0 Å². The predicted molar refractivity (Wildman–Crippen MR) is 106 cm³/mol. The van der Waals surface area contributed by atoms with Crippen molar-refractivity contribution in [3.05, 3.63) is 64.8 Å². The lowest BCUT2D eigenvalue weighted by Crippen LogP contribution is -2.07. The maximum Gasteiger partial charge on any atom is 0.221 e. The van der Waals surface area contributed by atoms with Crippen LogP contribution in [0.25, 0.3) is 11.3 Å². The lowest BCUT2D eigenvalue weighted by molar-refractivity contribution is -0.114. The van der Waals surface area contributed by atoms with Gasteiger partial charge in [-0.15, -0.1) is 0 Å². The molecule has 5 nitrogen and oxygen atoms in total. The first-order valence-electron chi connectivity index (χ1n) is 8.09. The third kappa shape index (κ3) is 4.46. The van der Waals surface area contributed by atoms with Gasteiger partial charge in [-0.05, 0) is 36.4 Å². The molecule has 0 fully saturated rings. The van der Waals surface area contributed by atoms with E-state index in [-0.39, 0.29) is 5.91 Å². The summed E-state index contributed by atoms with van der Waals surface area (Å²) in [4.78, 5) is 11.2. The van der Waals surface area contributed by atoms with Crippen LogP contribution in [-0.4, -0.2) is 13.0 Å². The van der Waals surface area contributed by atoms with Gasteiger partial charge in [0, 0.05) is 28.7 Å². The van der Waals surface area contributed by atoms with E-state index in [0.29, 0.717) is 18.0 Å². The summed E-state index contributed by atoms with van der Waals surface area (Å²) in [5.74, 6) is 2.11. The zero-order valence-electron chi connectivity index (χ0n) is 14.5. The minimum Gasteiger partial charge on any atom is -0.494 e. The zero-order chi connectivity index (χ0) is 18.5. The minimum atomic E-state index is -0.139. The van der Waals surface area contributed by atoms with Gasteiger partial charge in [-0.1, -0.05) is 28.1 Å². The quantitative estimate of drug-likeness (QED) is 0.575. The van der Waals surface area contributed by atoms with Gasteiger partial charge in [0.15, 0.2) is 0 Å².